The highest BCUT2D eigenvalue weighted by Crippen LogP contribution is 2.45. The van der Waals surface area contributed by atoms with Gasteiger partial charge in [-0.2, -0.15) is 0 Å². The maximum Gasteiger partial charge on any atom is 0.194 e. The van der Waals surface area contributed by atoms with Crippen LogP contribution >= 0.6 is 0 Å². The van der Waals surface area contributed by atoms with Gasteiger partial charge >= 0.3 is 0 Å². The molecule has 3 rings (SSSR count). The second-order valence-corrected chi connectivity index (χ2v) is 8.02. The van der Waals surface area contributed by atoms with Gasteiger partial charge in [0.05, 0.1) is 0 Å². The van der Waals surface area contributed by atoms with Crippen LogP contribution in [0.2, 0.25) is 0 Å². The van der Waals surface area contributed by atoms with E-state index in [2.05, 4.69) is 11.8 Å². The fourth-order valence-corrected chi connectivity index (χ4v) is 4.83. The number of rotatable bonds is 4. The lowest BCUT2D eigenvalue weighted by molar-refractivity contribution is -0.296. The average Bonchev–Trinajstić information content (AvgIpc) is 2.61. The largest absolute Gasteiger partial charge is 0.251 e. The molecule has 1 aromatic rings. The second-order valence-electron chi connectivity index (χ2n) is 8.02. The summed E-state index contributed by atoms with van der Waals surface area (Å²) in [7, 11) is 0. The number of hydrogen-bond donors (Lipinski definition) is 1. The summed E-state index contributed by atoms with van der Waals surface area (Å²) in [6, 6.07) is 1.85. The third kappa shape index (κ3) is 4.20. The van der Waals surface area contributed by atoms with E-state index in [1.165, 1.54) is 25.7 Å². The molecule has 2 fully saturated rings. The van der Waals surface area contributed by atoms with E-state index >= 15 is 0 Å². The van der Waals surface area contributed by atoms with Gasteiger partial charge in [-0.3, -0.25) is 5.26 Å². The summed E-state index contributed by atoms with van der Waals surface area (Å²) in [5.74, 6) is -1.67. The van der Waals surface area contributed by atoms with Gasteiger partial charge in [-0.1, -0.05) is 19.8 Å². The highest BCUT2D eigenvalue weighted by Gasteiger charge is 2.34. The standard InChI is InChI=1S/C20H27F3O2/c1-12-2-4-13(5-3-12)14-6-8-15(9-7-14)20(25-24)16-10-17(21)19(23)18(22)11-16/h10-15,20,24H,2-9H2,1H3. The van der Waals surface area contributed by atoms with E-state index in [-0.39, 0.29) is 11.5 Å². The molecule has 0 spiro atoms. The number of benzene rings is 1. The van der Waals surface area contributed by atoms with Crippen LogP contribution in [0.5, 0.6) is 0 Å². The molecule has 0 amide bonds. The zero-order valence-corrected chi connectivity index (χ0v) is 14.7. The van der Waals surface area contributed by atoms with Crippen LogP contribution < -0.4 is 0 Å². The molecule has 1 atom stereocenters. The molecule has 0 heterocycles. The molecule has 25 heavy (non-hydrogen) atoms. The minimum Gasteiger partial charge on any atom is -0.251 e. The van der Waals surface area contributed by atoms with Crippen LogP contribution in [0.15, 0.2) is 12.1 Å². The molecule has 1 N–H and O–H groups in total. The van der Waals surface area contributed by atoms with Crippen molar-refractivity contribution in [3.05, 3.63) is 35.1 Å². The van der Waals surface area contributed by atoms with Crippen LogP contribution in [0.1, 0.15) is 70.0 Å². The molecule has 140 valence electrons. The van der Waals surface area contributed by atoms with Crippen molar-refractivity contribution in [2.45, 2.75) is 64.4 Å². The Labute approximate surface area is 147 Å². The van der Waals surface area contributed by atoms with E-state index in [0.29, 0.717) is 5.92 Å². The van der Waals surface area contributed by atoms with Gasteiger partial charge in [-0.15, -0.1) is 0 Å². The van der Waals surface area contributed by atoms with Gasteiger partial charge in [0.25, 0.3) is 0 Å². The van der Waals surface area contributed by atoms with Crippen LogP contribution in [0, 0.1) is 41.1 Å². The lowest BCUT2D eigenvalue weighted by Crippen LogP contribution is -2.28. The molecule has 0 aliphatic heterocycles. The quantitative estimate of drug-likeness (QED) is 0.391. The molecule has 0 saturated heterocycles. The monoisotopic (exact) mass is 356 g/mol. The lowest BCUT2D eigenvalue weighted by Gasteiger charge is -2.38. The molecule has 2 saturated carbocycles. The first-order valence-corrected chi connectivity index (χ1v) is 9.44. The molecule has 0 radical (unpaired) electrons. The van der Waals surface area contributed by atoms with Gasteiger partial charge < -0.3 is 0 Å². The normalized spacial score (nSPS) is 31.7. The number of halogens is 3. The Balaban J connectivity index is 1.62. The first-order valence-electron chi connectivity index (χ1n) is 9.44. The molecule has 0 aromatic heterocycles. The van der Waals surface area contributed by atoms with Crippen LogP contribution in [-0.2, 0) is 4.89 Å². The molecule has 2 aliphatic carbocycles. The van der Waals surface area contributed by atoms with E-state index in [1.807, 2.05) is 0 Å². The highest BCUT2D eigenvalue weighted by atomic mass is 19.2. The van der Waals surface area contributed by atoms with Gasteiger partial charge in [-0.05, 0) is 79.9 Å². The van der Waals surface area contributed by atoms with Crippen molar-refractivity contribution in [3.8, 4) is 0 Å². The van der Waals surface area contributed by atoms with Crippen LogP contribution in [0.4, 0.5) is 13.2 Å². The Morgan fingerprint density at radius 1 is 0.880 bits per heavy atom. The summed E-state index contributed by atoms with van der Waals surface area (Å²) in [6.07, 6.45) is 8.20. The van der Waals surface area contributed by atoms with E-state index < -0.39 is 23.6 Å². The summed E-state index contributed by atoms with van der Waals surface area (Å²) in [5.41, 5.74) is 0.161. The van der Waals surface area contributed by atoms with E-state index in [4.69, 9.17) is 0 Å². The Bertz CT molecular complexity index is 553. The van der Waals surface area contributed by atoms with Crippen LogP contribution in [0.25, 0.3) is 0 Å². The summed E-state index contributed by atoms with van der Waals surface area (Å²) >= 11 is 0. The summed E-state index contributed by atoms with van der Waals surface area (Å²) < 4.78 is 40.1. The third-order valence-electron chi connectivity index (χ3n) is 6.42. The zero-order chi connectivity index (χ0) is 18.0. The van der Waals surface area contributed by atoms with Crippen molar-refractivity contribution in [3.63, 3.8) is 0 Å². The zero-order valence-electron chi connectivity index (χ0n) is 14.7. The van der Waals surface area contributed by atoms with Gasteiger partial charge in [0, 0.05) is 0 Å². The predicted molar refractivity (Wildman–Crippen MR) is 89.3 cm³/mol. The minimum absolute atomic E-state index is 0.00646. The Hall–Kier alpha value is -1.07. The van der Waals surface area contributed by atoms with E-state index in [9.17, 15) is 18.4 Å². The molecule has 2 aliphatic rings. The van der Waals surface area contributed by atoms with Gasteiger partial charge in [0.15, 0.2) is 17.5 Å². The maximum absolute atomic E-state index is 13.5. The Morgan fingerprint density at radius 2 is 1.36 bits per heavy atom. The summed E-state index contributed by atoms with van der Waals surface area (Å²) in [4.78, 5) is 4.56. The SMILES string of the molecule is CC1CCC(C2CCC(C(OO)c3cc(F)c(F)c(F)c3)CC2)CC1. The second kappa shape index (κ2) is 8.09. The lowest BCUT2D eigenvalue weighted by atomic mass is 9.68. The van der Waals surface area contributed by atoms with Crippen molar-refractivity contribution < 1.29 is 23.3 Å². The van der Waals surface area contributed by atoms with Gasteiger partial charge in [0.2, 0.25) is 0 Å². The topological polar surface area (TPSA) is 29.5 Å². The average molecular weight is 356 g/mol. The molecule has 0 bridgehead atoms. The molecular formula is C20H27F3O2. The Kier molecular flexibility index (Phi) is 6.05. The van der Waals surface area contributed by atoms with Crippen molar-refractivity contribution in [1.29, 1.82) is 0 Å². The fraction of sp³-hybridized carbons (Fsp3) is 0.700. The first-order chi connectivity index (χ1) is 12.0. The minimum atomic E-state index is -1.49. The van der Waals surface area contributed by atoms with E-state index in [1.54, 1.807) is 0 Å². The van der Waals surface area contributed by atoms with Gasteiger partial charge in [-0.25, -0.2) is 18.1 Å². The smallest absolute Gasteiger partial charge is 0.194 e. The molecule has 1 unspecified atom stereocenters. The summed E-state index contributed by atoms with van der Waals surface area (Å²) in [5, 5.41) is 9.29. The van der Waals surface area contributed by atoms with Crippen molar-refractivity contribution in [1.82, 2.24) is 0 Å². The molecular weight excluding hydrogens is 329 g/mol. The van der Waals surface area contributed by atoms with Gasteiger partial charge in [0.1, 0.15) is 6.10 Å². The molecule has 1 aromatic carbocycles. The fourth-order valence-electron chi connectivity index (χ4n) is 4.83. The van der Waals surface area contributed by atoms with E-state index in [0.717, 1.165) is 49.7 Å². The molecule has 5 heteroatoms. The maximum atomic E-state index is 13.5. The van der Waals surface area contributed by atoms with Crippen LogP contribution in [0.3, 0.4) is 0 Å². The van der Waals surface area contributed by atoms with Crippen LogP contribution in [-0.4, -0.2) is 5.26 Å². The Morgan fingerprint density at radius 3 is 1.84 bits per heavy atom. The van der Waals surface area contributed by atoms with Crippen molar-refractivity contribution in [2.75, 3.05) is 0 Å². The highest BCUT2D eigenvalue weighted by molar-refractivity contribution is 5.22. The molecule has 2 nitrogen and oxygen atoms in total. The number of hydrogen-bond acceptors (Lipinski definition) is 2. The van der Waals surface area contributed by atoms with Crippen molar-refractivity contribution in [2.24, 2.45) is 23.7 Å². The third-order valence-corrected chi connectivity index (χ3v) is 6.42. The predicted octanol–water partition coefficient (Wildman–Crippen LogP) is 6.27. The van der Waals surface area contributed by atoms with Crippen molar-refractivity contribution >= 4 is 0 Å². The first kappa shape index (κ1) is 18.7. The summed E-state index contributed by atoms with van der Waals surface area (Å²) in [6.45, 7) is 2.32.